The van der Waals surface area contributed by atoms with Gasteiger partial charge in [0, 0.05) is 5.69 Å². The van der Waals surface area contributed by atoms with E-state index < -0.39 is 6.10 Å². The number of benzene rings is 2. The van der Waals surface area contributed by atoms with Gasteiger partial charge < -0.3 is 15.4 Å². The van der Waals surface area contributed by atoms with Gasteiger partial charge in [0.2, 0.25) is 0 Å². The molecule has 1 atom stereocenters. The summed E-state index contributed by atoms with van der Waals surface area (Å²) >= 11 is 0. The van der Waals surface area contributed by atoms with Crippen LogP contribution in [0.5, 0.6) is 5.75 Å². The molecule has 5 heteroatoms. The smallest absolute Gasteiger partial charge is 0.265 e. The van der Waals surface area contributed by atoms with Gasteiger partial charge in [-0.3, -0.25) is 9.59 Å². The molecule has 2 N–H and O–H groups in total. The van der Waals surface area contributed by atoms with Crippen LogP contribution in [0.25, 0.3) is 0 Å². The highest BCUT2D eigenvalue weighted by molar-refractivity contribution is 6.09. The van der Waals surface area contributed by atoms with Crippen LogP contribution < -0.4 is 15.4 Å². The quantitative estimate of drug-likeness (QED) is 0.895. The molecule has 0 fully saturated rings. The molecule has 1 aliphatic rings. The lowest BCUT2D eigenvalue weighted by Gasteiger charge is -2.25. The molecule has 0 bridgehead atoms. The van der Waals surface area contributed by atoms with E-state index in [-0.39, 0.29) is 11.8 Å². The minimum Gasteiger partial charge on any atom is -0.478 e. The van der Waals surface area contributed by atoms with E-state index in [1.807, 2.05) is 31.2 Å². The number of carbonyl (C=O) groups excluding carboxylic acids is 2. The fraction of sp³-hybridized carbons (Fsp3) is 0.176. The number of para-hydroxylation sites is 2. The average molecular weight is 296 g/mol. The summed E-state index contributed by atoms with van der Waals surface area (Å²) < 4.78 is 5.59. The molecule has 0 aromatic heterocycles. The van der Waals surface area contributed by atoms with Gasteiger partial charge in [-0.05, 0) is 37.6 Å². The summed E-state index contributed by atoms with van der Waals surface area (Å²) in [4.78, 5) is 24.2. The lowest BCUT2D eigenvalue weighted by molar-refractivity contribution is -0.122. The lowest BCUT2D eigenvalue weighted by Crippen LogP contribution is -2.35. The van der Waals surface area contributed by atoms with Crippen molar-refractivity contribution in [2.24, 2.45) is 0 Å². The van der Waals surface area contributed by atoms with E-state index in [2.05, 4.69) is 10.6 Å². The molecule has 0 saturated heterocycles. The topological polar surface area (TPSA) is 67.4 Å². The summed E-state index contributed by atoms with van der Waals surface area (Å²) in [6, 6.07) is 12.6. The monoisotopic (exact) mass is 296 g/mol. The number of aryl methyl sites for hydroxylation is 1. The maximum atomic E-state index is 12.5. The summed E-state index contributed by atoms with van der Waals surface area (Å²) in [5.74, 6) is -0.0841. The zero-order valence-corrected chi connectivity index (χ0v) is 12.3. The number of nitrogens with one attached hydrogen (secondary N) is 2. The Morgan fingerprint density at radius 2 is 1.95 bits per heavy atom. The van der Waals surface area contributed by atoms with Crippen molar-refractivity contribution in [3.63, 3.8) is 0 Å². The van der Waals surface area contributed by atoms with E-state index >= 15 is 0 Å². The van der Waals surface area contributed by atoms with Gasteiger partial charge in [-0.1, -0.05) is 24.3 Å². The van der Waals surface area contributed by atoms with Crippen molar-refractivity contribution < 1.29 is 14.3 Å². The van der Waals surface area contributed by atoms with Crippen LogP contribution in [0.3, 0.4) is 0 Å². The summed E-state index contributed by atoms with van der Waals surface area (Å²) in [7, 11) is 0. The predicted octanol–water partition coefficient (Wildman–Crippen LogP) is 2.97. The van der Waals surface area contributed by atoms with Crippen molar-refractivity contribution in [1.82, 2.24) is 0 Å². The number of hydrogen-bond acceptors (Lipinski definition) is 3. The van der Waals surface area contributed by atoms with Crippen LogP contribution in [0, 0.1) is 6.92 Å². The Bertz CT molecular complexity index is 755. The van der Waals surface area contributed by atoms with E-state index in [0.29, 0.717) is 17.0 Å². The number of rotatable bonds is 2. The SMILES string of the molecule is Cc1ccccc1NC(=O)c1cccc2c1OC(C)C(=O)N2. The largest absolute Gasteiger partial charge is 0.478 e. The Labute approximate surface area is 128 Å². The minimum absolute atomic E-state index is 0.219. The van der Waals surface area contributed by atoms with E-state index in [1.54, 1.807) is 25.1 Å². The highest BCUT2D eigenvalue weighted by Gasteiger charge is 2.27. The first-order valence-electron chi connectivity index (χ1n) is 7.04. The molecule has 2 amide bonds. The number of amides is 2. The van der Waals surface area contributed by atoms with Crippen LogP contribution in [0.15, 0.2) is 42.5 Å². The van der Waals surface area contributed by atoms with Crippen molar-refractivity contribution in [3.05, 3.63) is 53.6 Å². The second-order valence-electron chi connectivity index (χ2n) is 5.20. The molecule has 0 radical (unpaired) electrons. The zero-order chi connectivity index (χ0) is 15.7. The molecular formula is C17H16N2O3. The summed E-state index contributed by atoms with van der Waals surface area (Å²) in [5, 5.41) is 5.61. The maximum Gasteiger partial charge on any atom is 0.265 e. The Morgan fingerprint density at radius 3 is 2.73 bits per heavy atom. The molecule has 3 rings (SSSR count). The van der Waals surface area contributed by atoms with Gasteiger partial charge in [0.15, 0.2) is 11.9 Å². The van der Waals surface area contributed by atoms with Crippen LogP contribution in [-0.2, 0) is 4.79 Å². The third-order valence-electron chi connectivity index (χ3n) is 3.57. The molecular weight excluding hydrogens is 280 g/mol. The summed E-state index contributed by atoms with van der Waals surface area (Å²) in [5.41, 5.74) is 2.63. The van der Waals surface area contributed by atoms with Crippen LogP contribution in [0.1, 0.15) is 22.8 Å². The third-order valence-corrected chi connectivity index (χ3v) is 3.57. The van der Waals surface area contributed by atoms with Crippen molar-refractivity contribution in [2.75, 3.05) is 10.6 Å². The Balaban J connectivity index is 1.93. The highest BCUT2D eigenvalue weighted by atomic mass is 16.5. The van der Waals surface area contributed by atoms with Crippen LogP contribution >= 0.6 is 0 Å². The number of anilines is 2. The molecule has 22 heavy (non-hydrogen) atoms. The molecule has 2 aromatic rings. The van der Waals surface area contributed by atoms with Crippen LogP contribution in [0.4, 0.5) is 11.4 Å². The first-order chi connectivity index (χ1) is 10.6. The third kappa shape index (κ3) is 2.53. The van der Waals surface area contributed by atoms with Gasteiger partial charge in [-0.15, -0.1) is 0 Å². The second-order valence-corrected chi connectivity index (χ2v) is 5.20. The highest BCUT2D eigenvalue weighted by Crippen LogP contribution is 2.33. The van der Waals surface area contributed by atoms with Crippen molar-refractivity contribution >= 4 is 23.2 Å². The van der Waals surface area contributed by atoms with E-state index in [4.69, 9.17) is 4.74 Å². The zero-order valence-electron chi connectivity index (χ0n) is 12.3. The molecule has 1 aliphatic heterocycles. The molecule has 0 aliphatic carbocycles. The molecule has 0 spiro atoms. The van der Waals surface area contributed by atoms with Crippen molar-refractivity contribution in [1.29, 1.82) is 0 Å². The number of carbonyl (C=O) groups is 2. The van der Waals surface area contributed by atoms with Gasteiger partial charge >= 0.3 is 0 Å². The van der Waals surface area contributed by atoms with Crippen molar-refractivity contribution in [2.45, 2.75) is 20.0 Å². The van der Waals surface area contributed by atoms with E-state index in [9.17, 15) is 9.59 Å². The predicted molar refractivity (Wildman–Crippen MR) is 84.3 cm³/mol. The summed E-state index contributed by atoms with van der Waals surface area (Å²) in [6.45, 7) is 3.57. The average Bonchev–Trinajstić information content (AvgIpc) is 2.50. The summed E-state index contributed by atoms with van der Waals surface area (Å²) in [6.07, 6.45) is -0.625. The molecule has 112 valence electrons. The van der Waals surface area contributed by atoms with E-state index in [1.165, 1.54) is 0 Å². The molecule has 2 aromatic carbocycles. The van der Waals surface area contributed by atoms with Crippen LogP contribution in [-0.4, -0.2) is 17.9 Å². The van der Waals surface area contributed by atoms with Crippen LogP contribution in [0.2, 0.25) is 0 Å². The molecule has 1 unspecified atom stereocenters. The first kappa shape index (κ1) is 14.1. The fourth-order valence-corrected chi connectivity index (χ4v) is 2.31. The van der Waals surface area contributed by atoms with Gasteiger partial charge in [-0.25, -0.2) is 0 Å². The van der Waals surface area contributed by atoms with Crippen molar-refractivity contribution in [3.8, 4) is 5.75 Å². The Hall–Kier alpha value is -2.82. The number of fused-ring (bicyclic) bond motifs is 1. The number of hydrogen-bond donors (Lipinski definition) is 2. The van der Waals surface area contributed by atoms with Gasteiger partial charge in [-0.2, -0.15) is 0 Å². The lowest BCUT2D eigenvalue weighted by atomic mass is 10.1. The van der Waals surface area contributed by atoms with Gasteiger partial charge in [0.25, 0.3) is 11.8 Å². The van der Waals surface area contributed by atoms with Gasteiger partial charge in [0.05, 0.1) is 11.3 Å². The molecule has 5 nitrogen and oxygen atoms in total. The fourth-order valence-electron chi connectivity index (χ4n) is 2.31. The Morgan fingerprint density at radius 1 is 1.18 bits per heavy atom. The minimum atomic E-state index is -0.625. The number of ether oxygens (including phenoxy) is 1. The standard InChI is InChI=1S/C17H16N2O3/c1-10-6-3-4-8-13(10)18-17(21)12-7-5-9-14-15(12)22-11(2)16(20)19-14/h3-9,11H,1-2H3,(H,18,21)(H,19,20). The Kier molecular flexibility index (Phi) is 3.55. The van der Waals surface area contributed by atoms with E-state index in [0.717, 1.165) is 11.3 Å². The maximum absolute atomic E-state index is 12.5. The molecule has 1 heterocycles. The first-order valence-corrected chi connectivity index (χ1v) is 7.04. The second kappa shape index (κ2) is 5.52. The molecule has 0 saturated carbocycles. The van der Waals surface area contributed by atoms with Gasteiger partial charge in [0.1, 0.15) is 0 Å². The normalized spacial score (nSPS) is 16.3.